The Hall–Kier alpha value is -4.58. The first-order valence-electron chi connectivity index (χ1n) is 12.3. The van der Waals surface area contributed by atoms with E-state index in [1.165, 1.54) is 26.4 Å². The zero-order chi connectivity index (χ0) is 27.6. The van der Waals surface area contributed by atoms with Crippen molar-refractivity contribution in [2.45, 2.75) is 24.2 Å². The van der Waals surface area contributed by atoms with Gasteiger partial charge in [-0.2, -0.15) is 0 Å². The van der Waals surface area contributed by atoms with Gasteiger partial charge < -0.3 is 25.8 Å². The Labute approximate surface area is 225 Å². The van der Waals surface area contributed by atoms with Crippen molar-refractivity contribution in [2.75, 3.05) is 35.3 Å². The van der Waals surface area contributed by atoms with Crippen molar-refractivity contribution in [1.29, 1.82) is 0 Å². The van der Waals surface area contributed by atoms with E-state index in [2.05, 4.69) is 25.3 Å². The minimum absolute atomic E-state index is 0.0428. The molecule has 1 aromatic heterocycles. The Bertz CT molecular complexity index is 1630. The van der Waals surface area contributed by atoms with Crippen LogP contribution >= 0.6 is 0 Å². The number of aromatic nitrogens is 2. The summed E-state index contributed by atoms with van der Waals surface area (Å²) in [7, 11) is -1.18. The highest BCUT2D eigenvalue weighted by Crippen LogP contribution is 2.34. The summed E-state index contributed by atoms with van der Waals surface area (Å²) in [6.45, 7) is 0. The zero-order valence-electron chi connectivity index (χ0n) is 21.4. The number of hydrogen-bond donors (Lipinski definition) is 4. The number of carbonyl (C=O) groups is 1. The van der Waals surface area contributed by atoms with Gasteiger partial charge in [0, 0.05) is 29.8 Å². The Morgan fingerprint density at radius 3 is 2.15 bits per heavy atom. The fourth-order valence-corrected chi connectivity index (χ4v) is 5.31. The van der Waals surface area contributed by atoms with Gasteiger partial charge in [0.15, 0.2) is 11.6 Å². The Kier molecular flexibility index (Phi) is 7.11. The first-order chi connectivity index (χ1) is 18.8. The minimum atomic E-state index is -4.24. The van der Waals surface area contributed by atoms with Gasteiger partial charge in [-0.1, -0.05) is 24.6 Å². The van der Waals surface area contributed by atoms with Crippen LogP contribution in [-0.2, 0) is 14.8 Å². The van der Waals surface area contributed by atoms with Crippen LogP contribution in [0.5, 0.6) is 11.5 Å². The van der Waals surface area contributed by atoms with Crippen LogP contribution < -0.4 is 30.6 Å². The number of para-hydroxylation sites is 3. The number of nitrogens with zero attached hydrogens (tertiary/aromatic N) is 2. The van der Waals surface area contributed by atoms with Crippen LogP contribution in [0.4, 0.5) is 28.7 Å². The molecule has 202 valence electrons. The lowest BCUT2D eigenvalue weighted by atomic mass is 9.85. The smallest absolute Gasteiger partial charge is 0.265 e. The van der Waals surface area contributed by atoms with Crippen LogP contribution in [0.15, 0.2) is 65.6 Å². The second-order valence-electron chi connectivity index (χ2n) is 9.08. The average Bonchev–Trinajstić information content (AvgIpc) is 2.88. The maximum atomic E-state index is 13.6. The third kappa shape index (κ3) is 5.50. The van der Waals surface area contributed by atoms with E-state index >= 15 is 0 Å². The fourth-order valence-electron chi connectivity index (χ4n) is 4.15. The van der Waals surface area contributed by atoms with E-state index in [-0.39, 0.29) is 39.7 Å². The maximum Gasteiger partial charge on any atom is 0.265 e. The van der Waals surface area contributed by atoms with Crippen LogP contribution in [0.1, 0.15) is 19.3 Å². The molecule has 0 atom stereocenters. The highest BCUT2D eigenvalue weighted by atomic mass is 32.2. The van der Waals surface area contributed by atoms with Crippen LogP contribution in [0.3, 0.4) is 0 Å². The van der Waals surface area contributed by atoms with Crippen molar-refractivity contribution >= 4 is 55.7 Å². The Balaban J connectivity index is 1.51. The summed E-state index contributed by atoms with van der Waals surface area (Å²) in [6, 6.07) is 16.7. The number of carbonyl (C=O) groups excluding carboxylic acids is 1. The number of fused-ring (bicyclic) bond motifs is 1. The lowest BCUT2D eigenvalue weighted by molar-refractivity contribution is -0.122. The molecule has 0 spiro atoms. The number of nitrogen functional groups attached to an aromatic ring is 1. The normalized spacial score (nSPS) is 13.4. The van der Waals surface area contributed by atoms with Crippen molar-refractivity contribution in [2.24, 2.45) is 5.92 Å². The van der Waals surface area contributed by atoms with Gasteiger partial charge in [0.1, 0.15) is 16.4 Å². The molecule has 1 aliphatic rings. The van der Waals surface area contributed by atoms with Gasteiger partial charge in [-0.3, -0.25) is 9.52 Å². The first-order valence-corrected chi connectivity index (χ1v) is 13.7. The minimum Gasteiger partial charge on any atom is -0.497 e. The number of sulfonamides is 1. The molecule has 0 aliphatic heterocycles. The van der Waals surface area contributed by atoms with Crippen LogP contribution in [-0.4, -0.2) is 38.5 Å². The first kappa shape index (κ1) is 26.0. The average molecular weight is 549 g/mol. The summed E-state index contributed by atoms with van der Waals surface area (Å²) >= 11 is 0. The zero-order valence-corrected chi connectivity index (χ0v) is 22.2. The highest BCUT2D eigenvalue weighted by Gasteiger charge is 2.27. The SMILES string of the molecule is COc1cc(Nc2nc3ccccc3nc2NS(=O)(=O)c2cccc(NC(=O)C3CCC3)c2N)cc(OC)c1. The lowest BCUT2D eigenvalue weighted by Gasteiger charge is -2.24. The molecule has 0 unspecified atom stereocenters. The molecule has 0 radical (unpaired) electrons. The molecule has 0 bridgehead atoms. The molecular formula is C27H28N6O5S. The van der Waals surface area contributed by atoms with Crippen molar-refractivity contribution in [1.82, 2.24) is 9.97 Å². The number of anilines is 5. The molecule has 1 amide bonds. The molecule has 39 heavy (non-hydrogen) atoms. The van der Waals surface area contributed by atoms with E-state index in [0.29, 0.717) is 28.2 Å². The molecule has 1 fully saturated rings. The summed E-state index contributed by atoms with van der Waals surface area (Å²) in [5, 5.41) is 5.87. The van der Waals surface area contributed by atoms with Crippen molar-refractivity contribution in [3.05, 3.63) is 60.7 Å². The molecule has 0 saturated heterocycles. The standard InChI is InChI=1S/C27H28N6O5S/c1-37-18-13-17(14-19(15-18)38-2)29-25-26(31-21-10-4-3-9-20(21)30-25)33-39(35,36)23-12-6-11-22(24(23)28)32-27(34)16-7-5-8-16/h3-4,6,9-16H,5,7-8,28H2,1-2H3,(H,29,30)(H,31,33)(H,32,34). The maximum absolute atomic E-state index is 13.6. The number of nitrogens with two attached hydrogens (primary N) is 1. The summed E-state index contributed by atoms with van der Waals surface area (Å²) < 4.78 is 40.3. The molecule has 1 heterocycles. The number of nitrogens with one attached hydrogen (secondary N) is 3. The number of benzene rings is 3. The summed E-state index contributed by atoms with van der Waals surface area (Å²) in [4.78, 5) is 21.4. The molecular weight excluding hydrogens is 520 g/mol. The van der Waals surface area contributed by atoms with Crippen LogP contribution in [0, 0.1) is 5.92 Å². The van der Waals surface area contributed by atoms with Crippen molar-refractivity contribution in [3.8, 4) is 11.5 Å². The van der Waals surface area contributed by atoms with Gasteiger partial charge in [-0.15, -0.1) is 0 Å². The van der Waals surface area contributed by atoms with Gasteiger partial charge in [0.25, 0.3) is 10.0 Å². The van der Waals surface area contributed by atoms with E-state index in [0.717, 1.165) is 19.3 Å². The lowest BCUT2D eigenvalue weighted by Crippen LogP contribution is -2.28. The second-order valence-corrected chi connectivity index (χ2v) is 10.7. The summed E-state index contributed by atoms with van der Waals surface area (Å²) in [5.74, 6) is 0.914. The number of ether oxygens (including phenoxy) is 2. The summed E-state index contributed by atoms with van der Waals surface area (Å²) in [5.41, 5.74) is 7.98. The van der Waals surface area contributed by atoms with E-state index < -0.39 is 10.0 Å². The highest BCUT2D eigenvalue weighted by molar-refractivity contribution is 7.92. The van der Waals surface area contributed by atoms with Gasteiger partial charge >= 0.3 is 0 Å². The van der Waals surface area contributed by atoms with E-state index in [4.69, 9.17) is 15.2 Å². The Morgan fingerprint density at radius 2 is 1.56 bits per heavy atom. The fraction of sp³-hybridized carbons (Fsp3) is 0.222. The molecule has 4 aromatic rings. The third-order valence-corrected chi connectivity index (χ3v) is 7.90. The van der Waals surface area contributed by atoms with Crippen LogP contribution in [0.2, 0.25) is 0 Å². The molecule has 5 rings (SSSR count). The van der Waals surface area contributed by atoms with E-state index in [9.17, 15) is 13.2 Å². The van der Waals surface area contributed by atoms with Crippen LogP contribution in [0.25, 0.3) is 11.0 Å². The number of amides is 1. The Morgan fingerprint density at radius 1 is 0.923 bits per heavy atom. The van der Waals surface area contributed by atoms with Gasteiger partial charge in [0.05, 0.1) is 36.6 Å². The number of hydrogen-bond acceptors (Lipinski definition) is 9. The van der Waals surface area contributed by atoms with E-state index in [1.807, 2.05) is 6.07 Å². The molecule has 5 N–H and O–H groups in total. The third-order valence-electron chi connectivity index (χ3n) is 6.51. The van der Waals surface area contributed by atoms with E-state index in [1.54, 1.807) is 42.5 Å². The van der Waals surface area contributed by atoms with Crippen molar-refractivity contribution < 1.29 is 22.7 Å². The number of rotatable bonds is 9. The predicted octanol–water partition coefficient (Wildman–Crippen LogP) is 4.51. The quantitative estimate of drug-likeness (QED) is 0.221. The van der Waals surface area contributed by atoms with Gasteiger partial charge in [0.2, 0.25) is 5.91 Å². The molecule has 11 nitrogen and oxygen atoms in total. The van der Waals surface area contributed by atoms with Gasteiger partial charge in [-0.25, -0.2) is 18.4 Å². The number of methoxy groups -OCH3 is 2. The van der Waals surface area contributed by atoms with Crippen molar-refractivity contribution in [3.63, 3.8) is 0 Å². The molecule has 1 aliphatic carbocycles. The summed E-state index contributed by atoms with van der Waals surface area (Å²) in [6.07, 6.45) is 2.61. The molecule has 1 saturated carbocycles. The molecule has 12 heteroatoms. The second kappa shape index (κ2) is 10.7. The monoisotopic (exact) mass is 548 g/mol. The predicted molar refractivity (Wildman–Crippen MR) is 150 cm³/mol. The van der Waals surface area contributed by atoms with Gasteiger partial charge in [-0.05, 0) is 37.1 Å². The largest absolute Gasteiger partial charge is 0.497 e. The topological polar surface area (TPSA) is 158 Å². The molecule has 3 aromatic carbocycles.